The molecule has 0 aliphatic heterocycles. The molecule has 0 saturated heterocycles. The smallest absolute Gasteiger partial charge is 0.221 e. The molecular weight excluding hydrogens is 212 g/mol. The third kappa shape index (κ3) is 6.67. The van der Waals surface area contributed by atoms with E-state index in [1.165, 1.54) is 19.3 Å². The molecule has 100 valence electrons. The first-order valence-corrected chi connectivity index (χ1v) is 6.88. The predicted octanol–water partition coefficient (Wildman–Crippen LogP) is 2.32. The summed E-state index contributed by atoms with van der Waals surface area (Å²) < 4.78 is 0. The third-order valence-corrected chi connectivity index (χ3v) is 3.40. The van der Waals surface area contributed by atoms with Crippen LogP contribution < -0.4 is 10.6 Å². The lowest BCUT2D eigenvalue weighted by Gasteiger charge is -2.20. The van der Waals surface area contributed by atoms with Crippen molar-refractivity contribution < 1.29 is 4.79 Å². The number of carbonyl (C=O) groups is 1. The molecule has 3 nitrogen and oxygen atoms in total. The third-order valence-electron chi connectivity index (χ3n) is 3.40. The van der Waals surface area contributed by atoms with Gasteiger partial charge in [-0.15, -0.1) is 0 Å². The van der Waals surface area contributed by atoms with E-state index in [-0.39, 0.29) is 11.4 Å². The van der Waals surface area contributed by atoms with E-state index in [9.17, 15) is 4.79 Å². The summed E-state index contributed by atoms with van der Waals surface area (Å²) in [5, 5.41) is 6.38. The summed E-state index contributed by atoms with van der Waals surface area (Å²) in [4.78, 5) is 11.6. The van der Waals surface area contributed by atoms with Gasteiger partial charge >= 0.3 is 0 Å². The van der Waals surface area contributed by atoms with Crippen molar-refractivity contribution in [1.29, 1.82) is 0 Å². The van der Waals surface area contributed by atoms with E-state index in [2.05, 4.69) is 38.3 Å². The molecule has 17 heavy (non-hydrogen) atoms. The Morgan fingerprint density at radius 2 is 2.00 bits per heavy atom. The maximum absolute atomic E-state index is 11.6. The highest BCUT2D eigenvalue weighted by molar-refractivity contribution is 5.76. The SMILES string of the molecule is CC1CCC(CNC(=O)CCNC(C)(C)C)C1. The van der Waals surface area contributed by atoms with Crippen molar-refractivity contribution in [2.75, 3.05) is 13.1 Å². The van der Waals surface area contributed by atoms with Crippen molar-refractivity contribution in [3.63, 3.8) is 0 Å². The largest absolute Gasteiger partial charge is 0.356 e. The Morgan fingerprint density at radius 3 is 2.53 bits per heavy atom. The number of hydrogen-bond donors (Lipinski definition) is 2. The molecule has 1 aliphatic rings. The van der Waals surface area contributed by atoms with Crippen molar-refractivity contribution in [2.45, 2.75) is 58.9 Å². The minimum absolute atomic E-state index is 0.0984. The van der Waals surface area contributed by atoms with Crippen LogP contribution in [-0.2, 0) is 4.79 Å². The Bertz CT molecular complexity index is 245. The molecule has 2 atom stereocenters. The number of nitrogens with one attached hydrogen (secondary N) is 2. The Labute approximate surface area is 106 Å². The molecule has 1 saturated carbocycles. The number of hydrogen-bond acceptors (Lipinski definition) is 2. The first-order valence-electron chi connectivity index (χ1n) is 6.88. The van der Waals surface area contributed by atoms with Crippen LogP contribution >= 0.6 is 0 Å². The molecule has 1 amide bonds. The fourth-order valence-electron chi connectivity index (χ4n) is 2.41. The van der Waals surface area contributed by atoms with Gasteiger partial charge in [-0.05, 0) is 45.4 Å². The van der Waals surface area contributed by atoms with Crippen molar-refractivity contribution in [3.8, 4) is 0 Å². The second-order valence-corrected chi connectivity index (χ2v) is 6.52. The van der Waals surface area contributed by atoms with Gasteiger partial charge in [0.15, 0.2) is 0 Å². The fourth-order valence-corrected chi connectivity index (χ4v) is 2.41. The van der Waals surface area contributed by atoms with Gasteiger partial charge in [0.1, 0.15) is 0 Å². The summed E-state index contributed by atoms with van der Waals surface area (Å²) in [5.41, 5.74) is 0.0984. The number of carbonyl (C=O) groups excluding carboxylic acids is 1. The molecule has 2 N–H and O–H groups in total. The van der Waals surface area contributed by atoms with Crippen LogP contribution in [0.25, 0.3) is 0 Å². The zero-order chi connectivity index (χ0) is 12.9. The predicted molar refractivity (Wildman–Crippen MR) is 71.9 cm³/mol. The molecule has 0 bridgehead atoms. The van der Waals surface area contributed by atoms with E-state index in [1.807, 2.05) is 0 Å². The first kappa shape index (κ1) is 14.5. The van der Waals surface area contributed by atoms with E-state index in [4.69, 9.17) is 0 Å². The molecular formula is C14H28N2O. The van der Waals surface area contributed by atoms with E-state index < -0.39 is 0 Å². The average Bonchev–Trinajstić information content (AvgIpc) is 2.59. The second-order valence-electron chi connectivity index (χ2n) is 6.52. The summed E-state index contributed by atoms with van der Waals surface area (Å²) in [6.07, 6.45) is 4.47. The Hall–Kier alpha value is -0.570. The summed E-state index contributed by atoms with van der Waals surface area (Å²) in [7, 11) is 0. The van der Waals surface area contributed by atoms with Crippen LogP contribution in [0.5, 0.6) is 0 Å². The van der Waals surface area contributed by atoms with Crippen molar-refractivity contribution in [2.24, 2.45) is 11.8 Å². The van der Waals surface area contributed by atoms with Gasteiger partial charge in [0.05, 0.1) is 0 Å². The molecule has 3 heteroatoms. The molecule has 0 heterocycles. The molecule has 2 unspecified atom stereocenters. The Balaban J connectivity index is 2.05. The van der Waals surface area contributed by atoms with Gasteiger partial charge in [-0.25, -0.2) is 0 Å². The van der Waals surface area contributed by atoms with Gasteiger partial charge in [0, 0.05) is 25.0 Å². The van der Waals surface area contributed by atoms with Gasteiger partial charge in [0.2, 0.25) is 5.91 Å². The Morgan fingerprint density at radius 1 is 1.29 bits per heavy atom. The minimum Gasteiger partial charge on any atom is -0.356 e. The summed E-state index contributed by atoms with van der Waals surface area (Å²) in [5.74, 6) is 1.74. The lowest BCUT2D eigenvalue weighted by molar-refractivity contribution is -0.121. The maximum Gasteiger partial charge on any atom is 0.221 e. The molecule has 1 rings (SSSR count). The fraction of sp³-hybridized carbons (Fsp3) is 0.929. The summed E-state index contributed by atoms with van der Waals surface area (Å²) in [6.45, 7) is 10.3. The van der Waals surface area contributed by atoms with Gasteiger partial charge in [-0.1, -0.05) is 13.3 Å². The standard InChI is InChI=1S/C14H28N2O/c1-11-5-6-12(9-11)10-15-13(17)7-8-16-14(2,3)4/h11-12,16H,5-10H2,1-4H3,(H,15,17). The van der Waals surface area contributed by atoms with Crippen LogP contribution in [0.3, 0.4) is 0 Å². The highest BCUT2D eigenvalue weighted by Crippen LogP contribution is 2.29. The van der Waals surface area contributed by atoms with Crippen LogP contribution in [0, 0.1) is 11.8 Å². The van der Waals surface area contributed by atoms with Crippen LogP contribution in [-0.4, -0.2) is 24.5 Å². The second kappa shape index (κ2) is 6.39. The lowest BCUT2D eigenvalue weighted by atomic mass is 10.1. The molecule has 0 aromatic heterocycles. The van der Waals surface area contributed by atoms with E-state index in [0.29, 0.717) is 12.3 Å². The summed E-state index contributed by atoms with van der Waals surface area (Å²) >= 11 is 0. The minimum atomic E-state index is 0.0984. The normalized spacial score (nSPS) is 24.9. The van der Waals surface area contributed by atoms with Crippen molar-refractivity contribution in [3.05, 3.63) is 0 Å². The van der Waals surface area contributed by atoms with Gasteiger partial charge in [0.25, 0.3) is 0 Å². The first-order chi connectivity index (χ1) is 7.87. The topological polar surface area (TPSA) is 41.1 Å². The maximum atomic E-state index is 11.6. The van der Waals surface area contributed by atoms with Crippen LogP contribution in [0.4, 0.5) is 0 Å². The highest BCUT2D eigenvalue weighted by atomic mass is 16.1. The van der Waals surface area contributed by atoms with E-state index >= 15 is 0 Å². The molecule has 0 aromatic rings. The van der Waals surface area contributed by atoms with Crippen molar-refractivity contribution >= 4 is 5.91 Å². The number of amides is 1. The van der Waals surface area contributed by atoms with E-state index in [0.717, 1.165) is 19.0 Å². The quantitative estimate of drug-likeness (QED) is 0.774. The zero-order valence-corrected chi connectivity index (χ0v) is 11.8. The van der Waals surface area contributed by atoms with Crippen LogP contribution in [0.2, 0.25) is 0 Å². The molecule has 1 fully saturated rings. The highest BCUT2D eigenvalue weighted by Gasteiger charge is 2.21. The molecule has 0 radical (unpaired) electrons. The molecule has 1 aliphatic carbocycles. The van der Waals surface area contributed by atoms with Gasteiger partial charge in [-0.2, -0.15) is 0 Å². The summed E-state index contributed by atoms with van der Waals surface area (Å²) in [6, 6.07) is 0. The van der Waals surface area contributed by atoms with Gasteiger partial charge < -0.3 is 10.6 Å². The molecule has 0 spiro atoms. The lowest BCUT2D eigenvalue weighted by Crippen LogP contribution is -2.39. The average molecular weight is 240 g/mol. The van der Waals surface area contributed by atoms with E-state index in [1.54, 1.807) is 0 Å². The van der Waals surface area contributed by atoms with Crippen LogP contribution in [0.15, 0.2) is 0 Å². The Kier molecular flexibility index (Phi) is 5.44. The van der Waals surface area contributed by atoms with Crippen LogP contribution in [0.1, 0.15) is 53.4 Å². The monoisotopic (exact) mass is 240 g/mol. The van der Waals surface area contributed by atoms with Gasteiger partial charge in [-0.3, -0.25) is 4.79 Å². The van der Waals surface area contributed by atoms with Crippen molar-refractivity contribution in [1.82, 2.24) is 10.6 Å². The zero-order valence-electron chi connectivity index (χ0n) is 11.8. The number of rotatable bonds is 5. The molecule has 0 aromatic carbocycles.